The molecule has 0 radical (unpaired) electrons. The van der Waals surface area contributed by atoms with Gasteiger partial charge < -0.3 is 15.6 Å². The highest BCUT2D eigenvalue weighted by Crippen LogP contribution is 1.84. The van der Waals surface area contributed by atoms with E-state index in [-0.39, 0.29) is 25.6 Å². The molecule has 0 amide bonds. The summed E-state index contributed by atoms with van der Waals surface area (Å²) in [6.45, 7) is 0.289. The van der Waals surface area contributed by atoms with Gasteiger partial charge in [0.1, 0.15) is 13.0 Å². The summed E-state index contributed by atoms with van der Waals surface area (Å²) in [7, 11) is 0. The predicted octanol–water partition coefficient (Wildman–Crippen LogP) is -0.615. The maximum Gasteiger partial charge on any atom is 0.317 e. The summed E-state index contributed by atoms with van der Waals surface area (Å²) in [5.41, 5.74) is 4.98. The Bertz CT molecular complexity index is 138. The molecule has 0 heterocycles. The molecule has 0 saturated carbocycles. The molecule has 0 spiro atoms. The second-order valence-corrected chi connectivity index (χ2v) is 1.58. The second-order valence-electron chi connectivity index (χ2n) is 1.58. The Hall–Kier alpha value is -0.810. The Kier molecular flexibility index (Phi) is 8.51. The van der Waals surface area contributed by atoms with Crippen molar-refractivity contribution in [2.45, 2.75) is 6.42 Å². The third kappa shape index (κ3) is 9.19. The zero-order valence-corrected chi connectivity index (χ0v) is 6.60. The first-order valence-corrected chi connectivity index (χ1v) is 2.74. The first-order valence-electron chi connectivity index (χ1n) is 2.74. The monoisotopic (exact) mass is 183 g/mol. The highest BCUT2D eigenvalue weighted by Gasteiger charge is 2.06. The minimum Gasteiger partial charge on any atom is -0.481 e. The van der Waals surface area contributed by atoms with Crippen molar-refractivity contribution in [2.75, 3.05) is 13.2 Å². The van der Waals surface area contributed by atoms with Gasteiger partial charge in [0, 0.05) is 6.54 Å². The van der Waals surface area contributed by atoms with Crippen LogP contribution in [0.4, 0.5) is 0 Å². The first-order chi connectivity index (χ1) is 4.66. The van der Waals surface area contributed by atoms with Gasteiger partial charge >= 0.3 is 11.9 Å². The van der Waals surface area contributed by atoms with Crippen LogP contribution in [0, 0.1) is 0 Å². The highest BCUT2D eigenvalue weighted by atomic mass is 35.5. The van der Waals surface area contributed by atoms with Crippen LogP contribution in [0.1, 0.15) is 6.42 Å². The Labute approximate surface area is 69.9 Å². The number of nitrogens with two attached hydrogens (primary N) is 1. The minimum atomic E-state index is -1.19. The standard InChI is InChI=1S/C5H9NO4.ClH/c6-1-2-10-5(9)3-4(7)8;/h1-3,6H2,(H,7,8);1H. The lowest BCUT2D eigenvalue weighted by atomic mass is 10.4. The molecule has 0 rings (SSSR count). The van der Waals surface area contributed by atoms with Gasteiger partial charge in [-0.05, 0) is 0 Å². The highest BCUT2D eigenvalue weighted by molar-refractivity contribution is 5.90. The van der Waals surface area contributed by atoms with Gasteiger partial charge in [-0.3, -0.25) is 9.59 Å². The average molecular weight is 184 g/mol. The summed E-state index contributed by atoms with van der Waals surface area (Å²) >= 11 is 0. The summed E-state index contributed by atoms with van der Waals surface area (Å²) in [5.74, 6) is -1.94. The molecule has 0 aliphatic rings. The van der Waals surface area contributed by atoms with E-state index in [1.54, 1.807) is 0 Å². The van der Waals surface area contributed by atoms with E-state index in [4.69, 9.17) is 10.8 Å². The number of hydrogen-bond donors (Lipinski definition) is 2. The number of rotatable bonds is 4. The minimum absolute atomic E-state index is 0. The lowest BCUT2D eigenvalue weighted by molar-refractivity contribution is -0.151. The molecule has 0 aliphatic carbocycles. The van der Waals surface area contributed by atoms with Crippen molar-refractivity contribution in [3.05, 3.63) is 0 Å². The van der Waals surface area contributed by atoms with Crippen LogP contribution < -0.4 is 5.73 Å². The van der Waals surface area contributed by atoms with Gasteiger partial charge in [-0.25, -0.2) is 0 Å². The lowest BCUT2D eigenvalue weighted by Crippen LogP contribution is -2.15. The Morgan fingerprint density at radius 1 is 1.45 bits per heavy atom. The molecule has 5 nitrogen and oxygen atoms in total. The number of carboxylic acid groups (broad SMARTS) is 1. The van der Waals surface area contributed by atoms with Crippen LogP contribution in [0.15, 0.2) is 0 Å². The Balaban J connectivity index is 0. The van der Waals surface area contributed by atoms with Gasteiger partial charge in [0.25, 0.3) is 0 Å². The van der Waals surface area contributed by atoms with Crippen molar-refractivity contribution in [1.82, 2.24) is 0 Å². The molecule has 0 atom stereocenters. The van der Waals surface area contributed by atoms with Gasteiger partial charge in [-0.1, -0.05) is 0 Å². The molecule has 0 aromatic rings. The molecule has 0 aliphatic heterocycles. The third-order valence-corrected chi connectivity index (χ3v) is 0.676. The van der Waals surface area contributed by atoms with Crippen molar-refractivity contribution in [3.63, 3.8) is 0 Å². The van der Waals surface area contributed by atoms with Gasteiger partial charge in [-0.15, -0.1) is 12.4 Å². The predicted molar refractivity (Wildman–Crippen MR) is 39.5 cm³/mol. The summed E-state index contributed by atoms with van der Waals surface area (Å²) < 4.78 is 4.36. The van der Waals surface area contributed by atoms with Gasteiger partial charge in [0.05, 0.1) is 0 Å². The maximum absolute atomic E-state index is 10.4. The zero-order chi connectivity index (χ0) is 7.98. The van der Waals surface area contributed by atoms with Crippen molar-refractivity contribution in [3.8, 4) is 0 Å². The molecule has 11 heavy (non-hydrogen) atoms. The summed E-state index contributed by atoms with van der Waals surface area (Å²) in [6.07, 6.45) is -0.597. The van der Waals surface area contributed by atoms with Crippen LogP contribution in [-0.2, 0) is 14.3 Å². The van der Waals surface area contributed by atoms with Crippen molar-refractivity contribution in [2.24, 2.45) is 5.73 Å². The van der Waals surface area contributed by atoms with Crippen LogP contribution in [0.25, 0.3) is 0 Å². The number of carbonyl (C=O) groups excluding carboxylic acids is 1. The zero-order valence-electron chi connectivity index (χ0n) is 5.78. The number of carboxylic acids is 1. The SMILES string of the molecule is Cl.NCCOC(=O)CC(=O)O. The molecule has 6 heteroatoms. The number of hydrogen-bond acceptors (Lipinski definition) is 4. The number of carbonyl (C=O) groups is 2. The summed E-state index contributed by atoms with van der Waals surface area (Å²) in [5, 5.41) is 8.05. The van der Waals surface area contributed by atoms with Crippen LogP contribution >= 0.6 is 12.4 Å². The van der Waals surface area contributed by atoms with Gasteiger partial charge in [0.15, 0.2) is 0 Å². The Morgan fingerprint density at radius 2 is 2.00 bits per heavy atom. The molecule has 0 bridgehead atoms. The second kappa shape index (κ2) is 7.30. The van der Waals surface area contributed by atoms with E-state index in [1.165, 1.54) is 0 Å². The van der Waals surface area contributed by atoms with E-state index in [0.717, 1.165) is 0 Å². The summed E-state index contributed by atoms with van der Waals surface area (Å²) in [4.78, 5) is 20.2. The number of halogens is 1. The van der Waals surface area contributed by atoms with Crippen LogP contribution in [0.3, 0.4) is 0 Å². The van der Waals surface area contributed by atoms with Gasteiger partial charge in [0.2, 0.25) is 0 Å². The fourth-order valence-corrected chi connectivity index (χ4v) is 0.347. The quantitative estimate of drug-likeness (QED) is 0.448. The van der Waals surface area contributed by atoms with E-state index >= 15 is 0 Å². The number of esters is 1. The fraction of sp³-hybridized carbons (Fsp3) is 0.600. The van der Waals surface area contributed by atoms with Crippen molar-refractivity contribution < 1.29 is 19.4 Å². The van der Waals surface area contributed by atoms with E-state index in [1.807, 2.05) is 0 Å². The van der Waals surface area contributed by atoms with E-state index < -0.39 is 18.4 Å². The van der Waals surface area contributed by atoms with Crippen LogP contribution in [0.5, 0.6) is 0 Å². The molecule has 0 aromatic heterocycles. The Morgan fingerprint density at radius 3 is 2.36 bits per heavy atom. The molecule has 0 fully saturated rings. The fourth-order valence-electron chi connectivity index (χ4n) is 0.347. The molecular formula is C5H10ClNO4. The molecule has 66 valence electrons. The van der Waals surface area contributed by atoms with Crippen molar-refractivity contribution in [1.29, 1.82) is 0 Å². The third-order valence-electron chi connectivity index (χ3n) is 0.676. The number of aliphatic carboxylic acids is 1. The largest absolute Gasteiger partial charge is 0.481 e. The van der Waals surface area contributed by atoms with Gasteiger partial charge in [-0.2, -0.15) is 0 Å². The molecule has 0 saturated heterocycles. The van der Waals surface area contributed by atoms with Crippen molar-refractivity contribution >= 4 is 24.3 Å². The molecule has 0 unspecified atom stereocenters. The lowest BCUT2D eigenvalue weighted by Gasteiger charge is -1.98. The van der Waals surface area contributed by atoms with E-state index in [0.29, 0.717) is 0 Å². The van der Waals surface area contributed by atoms with Crippen LogP contribution in [0.2, 0.25) is 0 Å². The number of ether oxygens (including phenoxy) is 1. The normalized spacial score (nSPS) is 8.09. The van der Waals surface area contributed by atoms with Crippen LogP contribution in [-0.4, -0.2) is 30.2 Å². The molecular weight excluding hydrogens is 174 g/mol. The first kappa shape index (κ1) is 12.8. The average Bonchev–Trinajstić information content (AvgIpc) is 1.82. The van der Waals surface area contributed by atoms with E-state index in [9.17, 15) is 9.59 Å². The summed E-state index contributed by atoms with van der Waals surface area (Å²) in [6, 6.07) is 0. The smallest absolute Gasteiger partial charge is 0.317 e. The topological polar surface area (TPSA) is 89.6 Å². The molecule has 0 aromatic carbocycles. The van der Waals surface area contributed by atoms with E-state index in [2.05, 4.69) is 4.74 Å². The maximum atomic E-state index is 10.4. The molecule has 3 N–H and O–H groups in total.